The quantitative estimate of drug-likeness (QED) is 0.731. The van der Waals surface area contributed by atoms with Crippen molar-refractivity contribution in [3.63, 3.8) is 0 Å². The second kappa shape index (κ2) is 4.46. The molecule has 2 heterocycles. The van der Waals surface area contributed by atoms with Gasteiger partial charge in [-0.05, 0) is 23.3 Å². The Morgan fingerprint density at radius 1 is 1.10 bits per heavy atom. The van der Waals surface area contributed by atoms with Crippen LogP contribution in [0.2, 0.25) is 0 Å². The highest BCUT2D eigenvalue weighted by molar-refractivity contribution is 5.76. The van der Waals surface area contributed by atoms with Crippen molar-refractivity contribution >= 4 is 11.0 Å². The summed E-state index contributed by atoms with van der Waals surface area (Å²) in [5, 5.41) is 3.51. The lowest BCUT2D eigenvalue weighted by molar-refractivity contribution is 0.562. The molecule has 1 N–H and O–H groups in total. The van der Waals surface area contributed by atoms with E-state index in [2.05, 4.69) is 59.4 Å². The molecule has 0 spiro atoms. The summed E-state index contributed by atoms with van der Waals surface area (Å²) in [4.78, 5) is 4.86. The van der Waals surface area contributed by atoms with Gasteiger partial charge < -0.3 is 9.88 Å². The number of aromatic nitrogens is 2. The molecule has 1 unspecified atom stereocenters. The molecular formula is C17H17N3. The van der Waals surface area contributed by atoms with Crippen molar-refractivity contribution in [3.05, 3.63) is 65.5 Å². The van der Waals surface area contributed by atoms with Crippen LogP contribution in [-0.4, -0.2) is 16.1 Å². The first-order chi connectivity index (χ1) is 9.84. The second-order valence-corrected chi connectivity index (χ2v) is 5.40. The highest BCUT2D eigenvalue weighted by Crippen LogP contribution is 2.30. The fourth-order valence-electron chi connectivity index (χ4n) is 3.20. The lowest BCUT2D eigenvalue weighted by Gasteiger charge is -2.26. The van der Waals surface area contributed by atoms with Crippen molar-refractivity contribution < 1.29 is 0 Å². The van der Waals surface area contributed by atoms with E-state index in [-0.39, 0.29) is 0 Å². The highest BCUT2D eigenvalue weighted by Gasteiger charge is 2.25. The monoisotopic (exact) mass is 263 g/mol. The molecular weight excluding hydrogens is 246 g/mol. The fraction of sp³-hybridized carbons (Fsp3) is 0.235. The maximum atomic E-state index is 4.86. The Morgan fingerprint density at radius 3 is 2.80 bits per heavy atom. The van der Waals surface area contributed by atoms with Crippen LogP contribution in [0, 0.1) is 0 Å². The second-order valence-electron chi connectivity index (χ2n) is 5.40. The maximum absolute atomic E-state index is 4.86. The van der Waals surface area contributed by atoms with Crippen LogP contribution in [0.3, 0.4) is 0 Å². The van der Waals surface area contributed by atoms with Crippen molar-refractivity contribution in [2.24, 2.45) is 7.05 Å². The van der Waals surface area contributed by atoms with E-state index in [1.165, 1.54) is 16.6 Å². The molecule has 4 rings (SSSR count). The Balaban J connectivity index is 1.90. The van der Waals surface area contributed by atoms with Crippen LogP contribution in [0.1, 0.15) is 22.9 Å². The summed E-state index contributed by atoms with van der Waals surface area (Å²) in [5.74, 6) is 1.48. The van der Waals surface area contributed by atoms with Gasteiger partial charge in [0.25, 0.3) is 0 Å². The minimum atomic E-state index is 0.331. The number of hydrogen-bond donors (Lipinski definition) is 1. The average molecular weight is 263 g/mol. The summed E-state index contributed by atoms with van der Waals surface area (Å²) in [6, 6.07) is 17.0. The highest BCUT2D eigenvalue weighted by atomic mass is 15.1. The zero-order valence-corrected chi connectivity index (χ0v) is 11.5. The number of hydrogen-bond acceptors (Lipinski definition) is 2. The Morgan fingerprint density at radius 2 is 1.90 bits per heavy atom. The van der Waals surface area contributed by atoms with Gasteiger partial charge in [-0.3, -0.25) is 0 Å². The van der Waals surface area contributed by atoms with E-state index >= 15 is 0 Å². The fourth-order valence-corrected chi connectivity index (χ4v) is 3.20. The number of nitrogens with zero attached hydrogens (tertiary/aromatic N) is 2. The van der Waals surface area contributed by atoms with Gasteiger partial charge in [-0.15, -0.1) is 0 Å². The molecule has 1 atom stereocenters. The van der Waals surface area contributed by atoms with Crippen LogP contribution in [0.4, 0.5) is 0 Å². The molecule has 2 aromatic carbocycles. The standard InChI is InChI=1S/C17H17N3/c1-20-16-9-5-4-8-15(16)19-17(20)14-11-18-10-12-6-2-3-7-13(12)14/h2-9,14,18H,10-11H2,1H3. The minimum absolute atomic E-state index is 0.331. The van der Waals surface area contributed by atoms with Crippen LogP contribution in [-0.2, 0) is 13.6 Å². The number of benzene rings is 2. The molecule has 0 saturated heterocycles. The van der Waals surface area contributed by atoms with Crippen LogP contribution < -0.4 is 5.32 Å². The van der Waals surface area contributed by atoms with E-state index in [4.69, 9.17) is 4.98 Å². The van der Waals surface area contributed by atoms with Crippen LogP contribution >= 0.6 is 0 Å². The Labute approximate surface area is 118 Å². The minimum Gasteiger partial charge on any atom is -0.331 e. The van der Waals surface area contributed by atoms with Gasteiger partial charge in [0.05, 0.1) is 17.0 Å². The number of fused-ring (bicyclic) bond motifs is 2. The lowest BCUT2D eigenvalue weighted by Crippen LogP contribution is -2.30. The molecule has 1 aromatic heterocycles. The summed E-state index contributed by atoms with van der Waals surface area (Å²) in [7, 11) is 2.11. The van der Waals surface area contributed by atoms with Crippen molar-refractivity contribution in [3.8, 4) is 0 Å². The molecule has 1 aliphatic heterocycles. The molecule has 0 bridgehead atoms. The molecule has 3 heteroatoms. The van der Waals surface area contributed by atoms with Gasteiger partial charge in [-0.25, -0.2) is 4.98 Å². The Hall–Kier alpha value is -2.13. The van der Waals surface area contributed by atoms with Gasteiger partial charge in [0.2, 0.25) is 0 Å². The first-order valence-electron chi connectivity index (χ1n) is 7.04. The third-order valence-electron chi connectivity index (χ3n) is 4.23. The predicted molar refractivity (Wildman–Crippen MR) is 80.7 cm³/mol. The van der Waals surface area contributed by atoms with E-state index in [9.17, 15) is 0 Å². The molecule has 20 heavy (non-hydrogen) atoms. The molecule has 100 valence electrons. The molecule has 3 nitrogen and oxygen atoms in total. The van der Waals surface area contributed by atoms with E-state index in [1.54, 1.807) is 0 Å². The molecule has 0 amide bonds. The van der Waals surface area contributed by atoms with Crippen LogP contribution in [0.15, 0.2) is 48.5 Å². The summed E-state index contributed by atoms with van der Waals surface area (Å²) in [5.41, 5.74) is 5.07. The molecule has 0 aliphatic carbocycles. The van der Waals surface area contributed by atoms with Crippen molar-refractivity contribution in [2.45, 2.75) is 12.5 Å². The topological polar surface area (TPSA) is 29.9 Å². The Bertz CT molecular complexity index is 773. The van der Waals surface area contributed by atoms with Crippen molar-refractivity contribution in [1.82, 2.24) is 14.9 Å². The number of nitrogens with one attached hydrogen (secondary N) is 1. The maximum Gasteiger partial charge on any atom is 0.118 e. The summed E-state index contributed by atoms with van der Waals surface area (Å²) in [6.45, 7) is 1.91. The van der Waals surface area contributed by atoms with E-state index in [0.717, 1.165) is 24.4 Å². The van der Waals surface area contributed by atoms with Crippen molar-refractivity contribution in [1.29, 1.82) is 0 Å². The molecule has 0 fully saturated rings. The molecule has 0 radical (unpaired) electrons. The summed E-state index contributed by atoms with van der Waals surface area (Å²) in [6.07, 6.45) is 0. The number of rotatable bonds is 1. The molecule has 3 aromatic rings. The van der Waals surface area contributed by atoms with Crippen LogP contribution in [0.5, 0.6) is 0 Å². The summed E-state index contributed by atoms with van der Waals surface area (Å²) >= 11 is 0. The van der Waals surface area contributed by atoms with E-state index < -0.39 is 0 Å². The predicted octanol–water partition coefficient (Wildman–Crippen LogP) is 2.81. The summed E-state index contributed by atoms with van der Waals surface area (Å²) < 4.78 is 2.23. The van der Waals surface area contributed by atoms with Gasteiger partial charge in [0.1, 0.15) is 5.82 Å². The lowest BCUT2D eigenvalue weighted by atomic mass is 9.90. The first kappa shape index (κ1) is 11.7. The molecule has 0 saturated carbocycles. The number of para-hydroxylation sites is 2. The third-order valence-corrected chi connectivity index (χ3v) is 4.23. The van der Waals surface area contributed by atoms with Crippen molar-refractivity contribution in [2.75, 3.05) is 6.54 Å². The van der Waals surface area contributed by atoms with Gasteiger partial charge >= 0.3 is 0 Å². The Kier molecular flexibility index (Phi) is 2.60. The molecule has 1 aliphatic rings. The van der Waals surface area contributed by atoms with Gasteiger partial charge in [-0.1, -0.05) is 36.4 Å². The van der Waals surface area contributed by atoms with Crippen LogP contribution in [0.25, 0.3) is 11.0 Å². The van der Waals surface area contributed by atoms with Gasteiger partial charge in [0, 0.05) is 20.1 Å². The largest absolute Gasteiger partial charge is 0.331 e. The smallest absolute Gasteiger partial charge is 0.118 e. The first-order valence-corrected chi connectivity index (χ1v) is 7.04. The number of aryl methyl sites for hydroxylation is 1. The zero-order valence-electron chi connectivity index (χ0n) is 11.5. The van der Waals surface area contributed by atoms with E-state index in [1.807, 2.05) is 6.07 Å². The van der Waals surface area contributed by atoms with Gasteiger partial charge in [-0.2, -0.15) is 0 Å². The average Bonchev–Trinajstić information content (AvgIpc) is 2.84. The number of imidazole rings is 1. The van der Waals surface area contributed by atoms with E-state index in [0.29, 0.717) is 5.92 Å². The third kappa shape index (κ3) is 1.67. The normalized spacial score (nSPS) is 18.1. The SMILES string of the molecule is Cn1c(C2CNCc3ccccc32)nc2ccccc21. The zero-order chi connectivity index (χ0) is 13.5. The van der Waals surface area contributed by atoms with Gasteiger partial charge in [0.15, 0.2) is 0 Å².